The zero-order chi connectivity index (χ0) is 19.8. The van der Waals surface area contributed by atoms with Gasteiger partial charge >= 0.3 is 5.97 Å². The van der Waals surface area contributed by atoms with Crippen LogP contribution in [-0.2, 0) is 0 Å². The summed E-state index contributed by atoms with van der Waals surface area (Å²) in [5.41, 5.74) is 3.98. The number of carbonyl (C=O) groups excluding carboxylic acids is 2. The van der Waals surface area contributed by atoms with Crippen molar-refractivity contribution in [1.29, 1.82) is 0 Å². The second kappa shape index (κ2) is 9.09. The zero-order valence-electron chi connectivity index (χ0n) is 15.0. The van der Waals surface area contributed by atoms with Gasteiger partial charge in [0.25, 0.3) is 5.91 Å². The first kappa shape index (κ1) is 18.8. The Kier molecular flexibility index (Phi) is 6.10. The molecule has 0 aliphatic heterocycles. The molecule has 0 saturated carbocycles. The molecule has 7 nitrogen and oxygen atoms in total. The minimum absolute atomic E-state index is 0.286. The van der Waals surface area contributed by atoms with Crippen molar-refractivity contribution in [2.75, 3.05) is 7.11 Å². The van der Waals surface area contributed by atoms with Crippen LogP contribution in [0.15, 0.2) is 78.2 Å². The van der Waals surface area contributed by atoms with Crippen molar-refractivity contribution < 1.29 is 19.1 Å². The monoisotopic (exact) mass is 375 g/mol. The van der Waals surface area contributed by atoms with Gasteiger partial charge < -0.3 is 9.47 Å². The topological polar surface area (TPSA) is 89.9 Å². The highest BCUT2D eigenvalue weighted by Gasteiger charge is 2.12. The van der Waals surface area contributed by atoms with Gasteiger partial charge in [-0.25, -0.2) is 10.2 Å². The van der Waals surface area contributed by atoms with Gasteiger partial charge in [-0.2, -0.15) is 5.10 Å². The fourth-order valence-corrected chi connectivity index (χ4v) is 2.32. The van der Waals surface area contributed by atoms with Crippen LogP contribution in [0.4, 0.5) is 0 Å². The summed E-state index contributed by atoms with van der Waals surface area (Å²) in [6.07, 6.45) is 4.52. The summed E-state index contributed by atoms with van der Waals surface area (Å²) in [5, 5.41) is 3.92. The standard InChI is InChI=1S/C21H17N3O4/c1-27-19-13-15(14-23-24-20(25)16-9-11-22-12-10-16)7-8-18(19)28-21(26)17-5-3-2-4-6-17/h2-14H,1H3,(H,24,25)/b23-14-. The Bertz CT molecular complexity index is 989. The molecular weight excluding hydrogens is 358 g/mol. The number of aromatic nitrogens is 1. The van der Waals surface area contributed by atoms with Gasteiger partial charge in [-0.3, -0.25) is 9.78 Å². The maximum atomic E-state index is 12.2. The van der Waals surface area contributed by atoms with Crippen LogP contribution in [0.25, 0.3) is 0 Å². The number of ether oxygens (including phenoxy) is 2. The van der Waals surface area contributed by atoms with Gasteiger partial charge in [-0.15, -0.1) is 0 Å². The average Bonchev–Trinajstić information content (AvgIpc) is 2.75. The first-order valence-corrected chi connectivity index (χ1v) is 8.36. The number of hydrogen-bond acceptors (Lipinski definition) is 6. The molecule has 0 atom stereocenters. The van der Waals surface area contributed by atoms with Gasteiger partial charge in [0.1, 0.15) is 0 Å². The Morgan fingerprint density at radius 2 is 1.71 bits per heavy atom. The van der Waals surface area contributed by atoms with Crippen LogP contribution in [-0.4, -0.2) is 30.2 Å². The molecule has 0 aliphatic carbocycles. The van der Waals surface area contributed by atoms with E-state index in [1.165, 1.54) is 25.7 Å². The third kappa shape index (κ3) is 4.79. The van der Waals surface area contributed by atoms with Crippen molar-refractivity contribution in [1.82, 2.24) is 10.4 Å². The predicted molar refractivity (Wildman–Crippen MR) is 104 cm³/mol. The molecule has 0 aliphatic rings. The summed E-state index contributed by atoms with van der Waals surface area (Å²) in [4.78, 5) is 28.0. The van der Waals surface area contributed by atoms with Gasteiger partial charge in [0, 0.05) is 18.0 Å². The number of amides is 1. The van der Waals surface area contributed by atoms with Gasteiger partial charge in [-0.05, 0) is 48.0 Å². The lowest BCUT2D eigenvalue weighted by atomic mass is 10.2. The minimum atomic E-state index is -0.482. The van der Waals surface area contributed by atoms with Crippen LogP contribution < -0.4 is 14.9 Å². The van der Waals surface area contributed by atoms with Gasteiger partial charge in [0.05, 0.1) is 18.9 Å². The van der Waals surface area contributed by atoms with Crippen LogP contribution in [0.3, 0.4) is 0 Å². The van der Waals surface area contributed by atoms with E-state index in [0.29, 0.717) is 22.4 Å². The molecule has 0 fully saturated rings. The molecule has 1 aromatic heterocycles. The molecule has 0 saturated heterocycles. The molecule has 0 bridgehead atoms. The second-order valence-corrected chi connectivity index (χ2v) is 5.60. The van der Waals surface area contributed by atoms with Crippen molar-refractivity contribution in [2.45, 2.75) is 0 Å². The number of benzene rings is 2. The summed E-state index contributed by atoms with van der Waals surface area (Å²) in [6.45, 7) is 0. The Hall–Kier alpha value is -4.00. The zero-order valence-corrected chi connectivity index (χ0v) is 15.0. The molecule has 0 unspecified atom stereocenters. The van der Waals surface area contributed by atoms with Crippen LogP contribution in [0.1, 0.15) is 26.3 Å². The summed E-state index contributed by atoms with van der Waals surface area (Å²) < 4.78 is 10.7. The van der Waals surface area contributed by atoms with Crippen LogP contribution in [0, 0.1) is 0 Å². The average molecular weight is 375 g/mol. The second-order valence-electron chi connectivity index (χ2n) is 5.60. The number of nitrogens with zero attached hydrogens (tertiary/aromatic N) is 2. The Morgan fingerprint density at radius 3 is 2.43 bits per heavy atom. The number of methoxy groups -OCH3 is 1. The molecule has 1 amide bonds. The number of hydrazone groups is 1. The summed E-state index contributed by atoms with van der Waals surface area (Å²) >= 11 is 0. The number of nitrogens with one attached hydrogen (secondary N) is 1. The van der Waals surface area contributed by atoms with E-state index in [1.54, 1.807) is 54.6 Å². The molecule has 0 spiro atoms. The lowest BCUT2D eigenvalue weighted by molar-refractivity contribution is 0.0729. The number of pyridine rings is 1. The first-order valence-electron chi connectivity index (χ1n) is 8.36. The maximum absolute atomic E-state index is 12.2. The van der Waals surface area contributed by atoms with Crippen molar-refractivity contribution in [3.63, 3.8) is 0 Å². The van der Waals surface area contributed by atoms with E-state index in [-0.39, 0.29) is 11.7 Å². The minimum Gasteiger partial charge on any atom is -0.493 e. The van der Waals surface area contributed by atoms with Crippen molar-refractivity contribution in [3.05, 3.63) is 89.7 Å². The summed E-state index contributed by atoms with van der Waals surface area (Å²) in [6, 6.07) is 16.8. The summed E-state index contributed by atoms with van der Waals surface area (Å²) in [5.74, 6) is -0.174. The van der Waals surface area contributed by atoms with E-state index in [4.69, 9.17) is 9.47 Å². The van der Waals surface area contributed by atoms with E-state index >= 15 is 0 Å². The maximum Gasteiger partial charge on any atom is 0.343 e. The lowest BCUT2D eigenvalue weighted by Crippen LogP contribution is -2.17. The predicted octanol–water partition coefficient (Wildman–Crippen LogP) is 3.07. The van der Waals surface area contributed by atoms with Gasteiger partial charge in [0.2, 0.25) is 0 Å². The highest BCUT2D eigenvalue weighted by Crippen LogP contribution is 2.28. The molecule has 28 heavy (non-hydrogen) atoms. The van der Waals surface area contributed by atoms with E-state index < -0.39 is 5.97 Å². The smallest absolute Gasteiger partial charge is 0.343 e. The van der Waals surface area contributed by atoms with Gasteiger partial charge in [-0.1, -0.05) is 18.2 Å². The number of carbonyl (C=O) groups is 2. The largest absolute Gasteiger partial charge is 0.493 e. The van der Waals surface area contributed by atoms with Gasteiger partial charge in [0.15, 0.2) is 11.5 Å². The molecule has 2 aromatic carbocycles. The highest BCUT2D eigenvalue weighted by molar-refractivity contribution is 5.95. The third-order valence-corrected chi connectivity index (χ3v) is 3.72. The fourth-order valence-electron chi connectivity index (χ4n) is 2.32. The molecule has 1 heterocycles. The number of esters is 1. The highest BCUT2D eigenvalue weighted by atomic mass is 16.6. The molecule has 7 heteroatoms. The van der Waals surface area contributed by atoms with Crippen LogP contribution in [0.5, 0.6) is 11.5 Å². The fraction of sp³-hybridized carbons (Fsp3) is 0.0476. The molecular formula is C21H17N3O4. The molecule has 140 valence electrons. The van der Waals surface area contributed by atoms with Crippen molar-refractivity contribution in [3.8, 4) is 11.5 Å². The first-order chi connectivity index (χ1) is 13.7. The Labute approximate surface area is 161 Å². The molecule has 3 aromatic rings. The quantitative estimate of drug-likeness (QED) is 0.309. The SMILES string of the molecule is COc1cc(/C=N\NC(=O)c2ccncc2)ccc1OC(=O)c1ccccc1. The third-order valence-electron chi connectivity index (χ3n) is 3.72. The van der Waals surface area contributed by atoms with E-state index in [2.05, 4.69) is 15.5 Å². The Morgan fingerprint density at radius 1 is 0.964 bits per heavy atom. The number of rotatable bonds is 6. The van der Waals surface area contributed by atoms with Crippen molar-refractivity contribution in [2.24, 2.45) is 5.10 Å². The van der Waals surface area contributed by atoms with E-state index in [1.807, 2.05) is 6.07 Å². The lowest BCUT2D eigenvalue weighted by Gasteiger charge is -2.10. The van der Waals surface area contributed by atoms with Crippen LogP contribution >= 0.6 is 0 Å². The number of hydrogen-bond donors (Lipinski definition) is 1. The Balaban J connectivity index is 1.67. The van der Waals surface area contributed by atoms with Crippen LogP contribution in [0.2, 0.25) is 0 Å². The van der Waals surface area contributed by atoms with E-state index in [9.17, 15) is 9.59 Å². The summed E-state index contributed by atoms with van der Waals surface area (Å²) in [7, 11) is 1.47. The van der Waals surface area contributed by atoms with Crippen molar-refractivity contribution >= 4 is 18.1 Å². The molecule has 1 N–H and O–H groups in total. The normalized spacial score (nSPS) is 10.5. The van der Waals surface area contributed by atoms with E-state index in [0.717, 1.165) is 0 Å². The molecule has 0 radical (unpaired) electrons. The molecule has 3 rings (SSSR count).